The van der Waals surface area contributed by atoms with Gasteiger partial charge in [0.15, 0.2) is 0 Å². The third-order valence-electron chi connectivity index (χ3n) is 4.40. The van der Waals surface area contributed by atoms with Crippen molar-refractivity contribution in [3.8, 4) is 0 Å². The van der Waals surface area contributed by atoms with E-state index in [1.54, 1.807) is 0 Å². The Kier molecular flexibility index (Phi) is 5.11. The fourth-order valence-corrected chi connectivity index (χ4v) is 3.28. The average Bonchev–Trinajstić information content (AvgIpc) is 2.43. The predicted octanol–water partition coefficient (Wildman–Crippen LogP) is 2.91. The molecule has 94 valence electrons. The molecule has 2 fully saturated rings. The number of nitrogens with zero attached hydrogens (tertiary/aromatic N) is 1. The molecule has 1 saturated heterocycles. The summed E-state index contributed by atoms with van der Waals surface area (Å²) in [6.45, 7) is 2.69. The van der Waals surface area contributed by atoms with Gasteiger partial charge in [0.05, 0.1) is 0 Å². The van der Waals surface area contributed by atoms with Crippen LogP contribution >= 0.6 is 0 Å². The smallest absolute Gasteiger partial charge is 0.00964 e. The molecule has 2 nitrogen and oxygen atoms in total. The Balaban J connectivity index is 1.80. The Morgan fingerprint density at radius 3 is 1.75 bits per heavy atom. The average molecular weight is 224 g/mol. The first-order valence-electron chi connectivity index (χ1n) is 7.36. The lowest BCUT2D eigenvalue weighted by molar-refractivity contribution is 0.147. The van der Waals surface area contributed by atoms with Crippen LogP contribution in [0, 0.1) is 0 Å². The zero-order valence-corrected chi connectivity index (χ0v) is 10.7. The van der Waals surface area contributed by atoms with Gasteiger partial charge in [-0.2, -0.15) is 0 Å². The van der Waals surface area contributed by atoms with Crippen molar-refractivity contribution in [2.24, 2.45) is 5.73 Å². The summed E-state index contributed by atoms with van der Waals surface area (Å²) in [6.07, 6.45) is 13.9. The van der Waals surface area contributed by atoms with Gasteiger partial charge < -0.3 is 10.6 Å². The molecule has 0 bridgehead atoms. The highest BCUT2D eigenvalue weighted by Gasteiger charge is 2.23. The highest BCUT2D eigenvalue weighted by Crippen LogP contribution is 2.24. The van der Waals surface area contributed by atoms with E-state index >= 15 is 0 Å². The van der Waals surface area contributed by atoms with Crippen LogP contribution in [0.25, 0.3) is 0 Å². The monoisotopic (exact) mass is 224 g/mol. The van der Waals surface area contributed by atoms with E-state index in [9.17, 15) is 0 Å². The Bertz CT molecular complexity index is 175. The van der Waals surface area contributed by atoms with E-state index in [0.29, 0.717) is 6.04 Å². The minimum absolute atomic E-state index is 0.494. The summed E-state index contributed by atoms with van der Waals surface area (Å²) < 4.78 is 0. The fourth-order valence-electron chi connectivity index (χ4n) is 3.28. The minimum atomic E-state index is 0.494. The fraction of sp³-hybridized carbons (Fsp3) is 1.00. The van der Waals surface area contributed by atoms with Crippen LogP contribution in [0.4, 0.5) is 0 Å². The van der Waals surface area contributed by atoms with Gasteiger partial charge in [-0.15, -0.1) is 0 Å². The molecule has 0 amide bonds. The minimum Gasteiger partial charge on any atom is -0.328 e. The summed E-state index contributed by atoms with van der Waals surface area (Å²) in [6, 6.07) is 1.35. The maximum absolute atomic E-state index is 5.99. The van der Waals surface area contributed by atoms with Crippen LogP contribution in [0.15, 0.2) is 0 Å². The zero-order valence-electron chi connectivity index (χ0n) is 10.7. The van der Waals surface area contributed by atoms with Crippen molar-refractivity contribution >= 4 is 0 Å². The Morgan fingerprint density at radius 1 is 0.688 bits per heavy atom. The van der Waals surface area contributed by atoms with Crippen LogP contribution in [-0.2, 0) is 0 Å². The van der Waals surface area contributed by atoms with Crippen LogP contribution in [0.2, 0.25) is 0 Å². The quantitative estimate of drug-likeness (QED) is 0.742. The maximum Gasteiger partial charge on any atom is 0.00964 e. The van der Waals surface area contributed by atoms with Crippen molar-refractivity contribution in [2.45, 2.75) is 76.3 Å². The van der Waals surface area contributed by atoms with Crippen LogP contribution in [0.1, 0.15) is 64.2 Å². The molecule has 0 atom stereocenters. The van der Waals surface area contributed by atoms with Gasteiger partial charge in [0, 0.05) is 12.1 Å². The van der Waals surface area contributed by atoms with Gasteiger partial charge in [0.1, 0.15) is 0 Å². The van der Waals surface area contributed by atoms with Crippen LogP contribution in [0.5, 0.6) is 0 Å². The molecule has 0 aromatic rings. The van der Waals surface area contributed by atoms with Crippen LogP contribution in [-0.4, -0.2) is 30.1 Å². The highest BCUT2D eigenvalue weighted by molar-refractivity contribution is 4.81. The van der Waals surface area contributed by atoms with Gasteiger partial charge in [-0.3, -0.25) is 0 Å². The van der Waals surface area contributed by atoms with E-state index in [2.05, 4.69) is 4.90 Å². The highest BCUT2D eigenvalue weighted by atomic mass is 15.1. The Hall–Kier alpha value is -0.0800. The van der Waals surface area contributed by atoms with Gasteiger partial charge in [-0.1, -0.05) is 25.7 Å². The van der Waals surface area contributed by atoms with Crippen LogP contribution < -0.4 is 5.73 Å². The number of hydrogen-bond acceptors (Lipinski definition) is 2. The van der Waals surface area contributed by atoms with Crippen molar-refractivity contribution in [2.75, 3.05) is 13.1 Å². The lowest BCUT2D eigenvalue weighted by Gasteiger charge is -2.36. The molecule has 2 heteroatoms. The Morgan fingerprint density at radius 2 is 1.19 bits per heavy atom. The molecule has 1 saturated carbocycles. The Labute approximate surface area is 101 Å². The summed E-state index contributed by atoms with van der Waals surface area (Å²) in [7, 11) is 0. The van der Waals surface area contributed by atoms with Crippen molar-refractivity contribution in [3.63, 3.8) is 0 Å². The zero-order chi connectivity index (χ0) is 11.2. The third-order valence-corrected chi connectivity index (χ3v) is 4.40. The van der Waals surface area contributed by atoms with Crippen molar-refractivity contribution < 1.29 is 0 Å². The molecule has 2 N–H and O–H groups in total. The normalized spacial score (nSPS) is 35.1. The number of rotatable bonds is 1. The van der Waals surface area contributed by atoms with Crippen molar-refractivity contribution in [3.05, 3.63) is 0 Å². The molecule has 0 radical (unpaired) electrons. The second-order valence-electron chi connectivity index (χ2n) is 5.73. The first-order valence-corrected chi connectivity index (χ1v) is 7.36. The molecule has 0 spiro atoms. The molecule has 2 rings (SSSR count). The van der Waals surface area contributed by atoms with E-state index in [0.717, 1.165) is 6.04 Å². The molecule has 0 unspecified atom stereocenters. The van der Waals surface area contributed by atoms with Crippen LogP contribution in [0.3, 0.4) is 0 Å². The second kappa shape index (κ2) is 6.61. The standard InChI is InChI=1S/C14H28N2/c15-13-7-9-14(10-8-13)16-11-5-3-1-2-4-6-12-16/h13-14H,1-12,15H2. The second-order valence-corrected chi connectivity index (χ2v) is 5.73. The molecule has 1 heterocycles. The van der Waals surface area contributed by atoms with E-state index in [1.807, 2.05) is 0 Å². The van der Waals surface area contributed by atoms with Gasteiger partial charge in [-0.25, -0.2) is 0 Å². The SMILES string of the molecule is NC1CCC(N2CCCCCCCC2)CC1. The molecule has 16 heavy (non-hydrogen) atoms. The third kappa shape index (κ3) is 3.74. The largest absolute Gasteiger partial charge is 0.328 e. The van der Waals surface area contributed by atoms with E-state index in [1.165, 1.54) is 77.3 Å². The van der Waals surface area contributed by atoms with E-state index < -0.39 is 0 Å². The predicted molar refractivity (Wildman–Crippen MR) is 69.5 cm³/mol. The molecule has 1 aliphatic carbocycles. The first kappa shape index (κ1) is 12.4. The molecular formula is C14H28N2. The number of hydrogen-bond donors (Lipinski definition) is 1. The first-order chi connectivity index (χ1) is 7.86. The number of nitrogens with two attached hydrogens (primary N) is 1. The van der Waals surface area contributed by atoms with E-state index in [-0.39, 0.29) is 0 Å². The topological polar surface area (TPSA) is 29.3 Å². The van der Waals surface area contributed by atoms with Gasteiger partial charge in [0.25, 0.3) is 0 Å². The summed E-state index contributed by atoms with van der Waals surface area (Å²) in [5, 5.41) is 0. The molecule has 0 aromatic heterocycles. The summed E-state index contributed by atoms with van der Waals surface area (Å²) in [4.78, 5) is 2.78. The summed E-state index contributed by atoms with van der Waals surface area (Å²) in [5.74, 6) is 0. The summed E-state index contributed by atoms with van der Waals surface area (Å²) >= 11 is 0. The van der Waals surface area contributed by atoms with Gasteiger partial charge in [0.2, 0.25) is 0 Å². The molecule has 1 aliphatic heterocycles. The van der Waals surface area contributed by atoms with Gasteiger partial charge >= 0.3 is 0 Å². The molecule has 0 aromatic carbocycles. The van der Waals surface area contributed by atoms with E-state index in [4.69, 9.17) is 5.73 Å². The maximum atomic E-state index is 5.99. The lowest BCUT2D eigenvalue weighted by atomic mass is 9.90. The molecular weight excluding hydrogens is 196 g/mol. The lowest BCUT2D eigenvalue weighted by Crippen LogP contribution is -2.41. The van der Waals surface area contributed by atoms with Crippen molar-refractivity contribution in [1.82, 2.24) is 4.90 Å². The van der Waals surface area contributed by atoms with Gasteiger partial charge in [-0.05, 0) is 51.6 Å². The molecule has 2 aliphatic rings. The van der Waals surface area contributed by atoms with Crippen molar-refractivity contribution in [1.29, 1.82) is 0 Å². The summed E-state index contributed by atoms with van der Waals surface area (Å²) in [5.41, 5.74) is 5.99.